The third-order valence-corrected chi connectivity index (χ3v) is 6.01. The summed E-state index contributed by atoms with van der Waals surface area (Å²) in [6.07, 6.45) is 4.33. The van der Waals surface area contributed by atoms with Gasteiger partial charge in [-0.1, -0.05) is 36.6 Å². The Balaban J connectivity index is 1.75. The number of likely N-dealkylation sites (N-methyl/N-ethyl adjacent to an activating group) is 1. The van der Waals surface area contributed by atoms with Gasteiger partial charge in [0.05, 0.1) is 16.6 Å². The molecular formula is C19H26ClN3O2. The fraction of sp³-hybridized carbons (Fsp3) is 0.579. The highest BCUT2D eigenvalue weighted by Crippen LogP contribution is 2.35. The van der Waals surface area contributed by atoms with Crippen LogP contribution in [0.1, 0.15) is 39.0 Å². The molecule has 0 bridgehead atoms. The molecule has 1 saturated carbocycles. The third-order valence-electron chi connectivity index (χ3n) is 5.69. The first-order valence-corrected chi connectivity index (χ1v) is 9.32. The van der Waals surface area contributed by atoms with Crippen LogP contribution in [0.2, 0.25) is 5.02 Å². The smallest absolute Gasteiger partial charge is 0.249 e. The maximum atomic E-state index is 13.0. The fourth-order valence-electron chi connectivity index (χ4n) is 4.10. The minimum atomic E-state index is -0.492. The summed E-state index contributed by atoms with van der Waals surface area (Å²) in [6, 6.07) is 6.86. The molecule has 2 N–H and O–H groups in total. The number of nitrogens with zero attached hydrogens (tertiary/aromatic N) is 2. The zero-order valence-electron chi connectivity index (χ0n) is 14.9. The molecule has 2 fully saturated rings. The van der Waals surface area contributed by atoms with Gasteiger partial charge in [0.25, 0.3) is 0 Å². The quantitative estimate of drug-likeness (QED) is 0.897. The summed E-state index contributed by atoms with van der Waals surface area (Å²) in [5, 5.41) is 0.548. The fourth-order valence-corrected chi connectivity index (χ4v) is 4.34. The summed E-state index contributed by atoms with van der Waals surface area (Å²) in [4.78, 5) is 29.2. The van der Waals surface area contributed by atoms with Crippen molar-refractivity contribution in [2.24, 2.45) is 11.7 Å². The maximum Gasteiger partial charge on any atom is 0.249 e. The van der Waals surface area contributed by atoms with Crippen molar-refractivity contribution < 1.29 is 9.59 Å². The number of nitrogens with two attached hydrogens (primary N) is 1. The van der Waals surface area contributed by atoms with Gasteiger partial charge in [-0.3, -0.25) is 9.59 Å². The van der Waals surface area contributed by atoms with Crippen LogP contribution in [0.25, 0.3) is 0 Å². The zero-order chi connectivity index (χ0) is 18.2. The van der Waals surface area contributed by atoms with E-state index in [4.69, 9.17) is 17.3 Å². The van der Waals surface area contributed by atoms with Gasteiger partial charge >= 0.3 is 0 Å². The molecule has 136 valence electrons. The first-order chi connectivity index (χ1) is 11.8. The van der Waals surface area contributed by atoms with Crippen LogP contribution in [0.3, 0.4) is 0 Å². The summed E-state index contributed by atoms with van der Waals surface area (Å²) in [5.74, 6) is -0.295. The van der Waals surface area contributed by atoms with Crippen LogP contribution in [-0.2, 0) is 9.59 Å². The molecule has 1 aliphatic heterocycles. The molecule has 2 aliphatic rings. The Bertz CT molecular complexity index is 676. The van der Waals surface area contributed by atoms with Crippen LogP contribution in [0.4, 0.5) is 5.69 Å². The highest BCUT2D eigenvalue weighted by molar-refractivity contribution is 6.34. The zero-order valence-corrected chi connectivity index (χ0v) is 15.6. The van der Waals surface area contributed by atoms with Gasteiger partial charge in [-0.15, -0.1) is 0 Å². The van der Waals surface area contributed by atoms with Crippen LogP contribution in [0.15, 0.2) is 24.3 Å². The Labute approximate surface area is 154 Å². The van der Waals surface area contributed by atoms with Gasteiger partial charge in [0.2, 0.25) is 11.8 Å². The second-order valence-corrected chi connectivity index (χ2v) is 7.91. The number of hydrogen-bond donors (Lipinski definition) is 1. The summed E-state index contributed by atoms with van der Waals surface area (Å²) in [6.45, 7) is 2.52. The lowest BCUT2D eigenvalue weighted by molar-refractivity contribution is -0.143. The first kappa shape index (κ1) is 18.2. The molecule has 3 atom stereocenters. The minimum absolute atomic E-state index is 0.0101. The summed E-state index contributed by atoms with van der Waals surface area (Å²) >= 11 is 6.23. The predicted octanol–water partition coefficient (Wildman–Crippen LogP) is 2.81. The molecule has 1 heterocycles. The predicted molar refractivity (Wildman–Crippen MR) is 99.5 cm³/mol. The van der Waals surface area contributed by atoms with Crippen molar-refractivity contribution in [1.82, 2.24) is 4.90 Å². The number of amides is 2. The van der Waals surface area contributed by atoms with E-state index in [9.17, 15) is 9.59 Å². The monoisotopic (exact) mass is 363 g/mol. The van der Waals surface area contributed by atoms with Crippen molar-refractivity contribution in [2.45, 2.75) is 50.6 Å². The van der Waals surface area contributed by atoms with E-state index in [0.29, 0.717) is 23.7 Å². The third kappa shape index (κ3) is 3.40. The van der Waals surface area contributed by atoms with E-state index in [0.717, 1.165) is 25.7 Å². The number of carbonyl (C=O) groups excluding carboxylic acids is 2. The van der Waals surface area contributed by atoms with Crippen LogP contribution >= 0.6 is 11.6 Å². The van der Waals surface area contributed by atoms with E-state index >= 15 is 0 Å². The molecular weight excluding hydrogens is 338 g/mol. The second-order valence-electron chi connectivity index (χ2n) is 7.50. The molecule has 0 spiro atoms. The van der Waals surface area contributed by atoms with Crippen LogP contribution in [0, 0.1) is 5.92 Å². The molecule has 1 aromatic rings. The highest BCUT2D eigenvalue weighted by Gasteiger charge is 2.44. The van der Waals surface area contributed by atoms with Gasteiger partial charge in [0, 0.05) is 19.1 Å². The number of halogens is 1. The lowest BCUT2D eigenvalue weighted by Crippen LogP contribution is -2.55. The van der Waals surface area contributed by atoms with Crippen LogP contribution < -0.4 is 10.6 Å². The van der Waals surface area contributed by atoms with Gasteiger partial charge in [0.15, 0.2) is 0 Å². The van der Waals surface area contributed by atoms with E-state index in [1.807, 2.05) is 25.1 Å². The number of carbonyl (C=O) groups is 2. The van der Waals surface area contributed by atoms with Crippen molar-refractivity contribution in [3.63, 3.8) is 0 Å². The SMILES string of the molecule is CN(C(=O)C1CCCCC1(C)N)C1CCN(c2ccccc2Cl)C1=O. The summed E-state index contributed by atoms with van der Waals surface area (Å²) in [5.41, 5.74) is 6.59. The molecule has 3 unspecified atom stereocenters. The summed E-state index contributed by atoms with van der Waals surface area (Å²) < 4.78 is 0. The standard InChI is InChI=1S/C19H26ClN3O2/c1-19(21)11-6-5-7-13(19)17(24)22(2)16-10-12-23(18(16)25)15-9-4-3-8-14(15)20/h3-4,8-9,13,16H,5-7,10-12,21H2,1-2H3. The Morgan fingerprint density at radius 3 is 2.72 bits per heavy atom. The molecule has 0 radical (unpaired) electrons. The number of benzene rings is 1. The van der Waals surface area contributed by atoms with Crippen molar-refractivity contribution >= 4 is 29.1 Å². The average Bonchev–Trinajstić information content (AvgIpc) is 2.95. The average molecular weight is 364 g/mol. The van der Waals surface area contributed by atoms with Gasteiger partial charge in [-0.05, 0) is 38.3 Å². The molecule has 2 amide bonds. The van der Waals surface area contributed by atoms with E-state index < -0.39 is 11.6 Å². The topological polar surface area (TPSA) is 66.6 Å². The number of anilines is 1. The molecule has 5 nitrogen and oxygen atoms in total. The Morgan fingerprint density at radius 2 is 2.04 bits per heavy atom. The second kappa shape index (κ2) is 6.96. The van der Waals surface area contributed by atoms with Crippen molar-refractivity contribution in [1.29, 1.82) is 0 Å². The first-order valence-electron chi connectivity index (χ1n) is 8.94. The lowest BCUT2D eigenvalue weighted by atomic mass is 9.74. The number of para-hydroxylation sites is 1. The molecule has 1 saturated heterocycles. The van der Waals surface area contributed by atoms with Gasteiger partial charge < -0.3 is 15.5 Å². The Morgan fingerprint density at radius 1 is 1.32 bits per heavy atom. The molecule has 25 heavy (non-hydrogen) atoms. The molecule has 1 aliphatic carbocycles. The largest absolute Gasteiger partial charge is 0.333 e. The van der Waals surface area contributed by atoms with Gasteiger partial charge in [-0.25, -0.2) is 0 Å². The molecule has 1 aromatic carbocycles. The molecule has 0 aromatic heterocycles. The van der Waals surface area contributed by atoms with E-state index in [2.05, 4.69) is 0 Å². The summed E-state index contributed by atoms with van der Waals surface area (Å²) in [7, 11) is 1.73. The number of hydrogen-bond acceptors (Lipinski definition) is 3. The lowest BCUT2D eigenvalue weighted by Gasteiger charge is -2.40. The van der Waals surface area contributed by atoms with E-state index in [1.54, 1.807) is 22.9 Å². The Hall–Kier alpha value is -1.59. The maximum absolute atomic E-state index is 13.0. The molecule has 3 rings (SSSR count). The van der Waals surface area contributed by atoms with E-state index in [1.165, 1.54) is 0 Å². The molecule has 6 heteroatoms. The van der Waals surface area contributed by atoms with Crippen LogP contribution in [0.5, 0.6) is 0 Å². The van der Waals surface area contributed by atoms with E-state index in [-0.39, 0.29) is 17.7 Å². The van der Waals surface area contributed by atoms with Gasteiger partial charge in [-0.2, -0.15) is 0 Å². The highest BCUT2D eigenvalue weighted by atomic mass is 35.5. The number of rotatable bonds is 3. The Kier molecular flexibility index (Phi) is 5.07. The van der Waals surface area contributed by atoms with Crippen LogP contribution in [-0.4, -0.2) is 41.9 Å². The van der Waals surface area contributed by atoms with Crippen molar-refractivity contribution in [3.8, 4) is 0 Å². The van der Waals surface area contributed by atoms with Crippen molar-refractivity contribution in [2.75, 3.05) is 18.5 Å². The normalized spacial score (nSPS) is 29.8. The van der Waals surface area contributed by atoms with Crippen molar-refractivity contribution in [3.05, 3.63) is 29.3 Å². The minimum Gasteiger partial charge on any atom is -0.333 e. The van der Waals surface area contributed by atoms with Gasteiger partial charge in [0.1, 0.15) is 6.04 Å².